The topological polar surface area (TPSA) is 58.6 Å². The van der Waals surface area contributed by atoms with Crippen molar-refractivity contribution in [1.29, 1.82) is 0 Å². The molecule has 6 heteroatoms. The van der Waals surface area contributed by atoms with E-state index in [1.165, 1.54) is 23.3 Å². The molecule has 1 aromatic heterocycles. The summed E-state index contributed by atoms with van der Waals surface area (Å²) in [5, 5.41) is 3.61. The minimum Gasteiger partial charge on any atom is -0.465 e. The zero-order chi connectivity index (χ0) is 15.0. The summed E-state index contributed by atoms with van der Waals surface area (Å²) in [5.41, 5.74) is 1.63. The number of esters is 1. The second-order valence-electron chi connectivity index (χ2n) is 5.58. The van der Waals surface area contributed by atoms with Gasteiger partial charge in [0.15, 0.2) is 0 Å². The van der Waals surface area contributed by atoms with Crippen molar-refractivity contribution in [2.24, 2.45) is 5.92 Å². The first-order valence-corrected chi connectivity index (χ1v) is 8.21. The van der Waals surface area contributed by atoms with E-state index in [0.717, 1.165) is 44.5 Å². The van der Waals surface area contributed by atoms with Crippen LogP contribution in [0.5, 0.6) is 0 Å². The smallest absolute Gasteiger partial charge is 0.341 e. The van der Waals surface area contributed by atoms with Crippen molar-refractivity contribution in [2.75, 3.05) is 25.5 Å². The fraction of sp³-hybridized carbons (Fsp3) is 0.600. The molecule has 0 bridgehead atoms. The van der Waals surface area contributed by atoms with Gasteiger partial charge in [0, 0.05) is 23.9 Å². The maximum absolute atomic E-state index is 12.1. The molecule has 0 saturated heterocycles. The Labute approximate surface area is 128 Å². The molecule has 0 aromatic carbocycles. The van der Waals surface area contributed by atoms with Gasteiger partial charge in [0.2, 0.25) is 5.91 Å². The number of carbonyl (C=O) groups excluding carboxylic acids is 2. The van der Waals surface area contributed by atoms with Crippen molar-refractivity contribution in [2.45, 2.75) is 32.7 Å². The number of hydrogen-bond acceptors (Lipinski definition) is 5. The number of carbonyl (C=O) groups is 2. The average molecular weight is 308 g/mol. The van der Waals surface area contributed by atoms with Crippen molar-refractivity contribution in [1.82, 2.24) is 4.90 Å². The molecule has 1 aliphatic heterocycles. The molecule has 114 valence electrons. The summed E-state index contributed by atoms with van der Waals surface area (Å²) in [6.07, 6.45) is 2.74. The number of fused-ring (bicyclic) bond motifs is 1. The molecule has 1 aromatic rings. The Balaban J connectivity index is 1.92. The summed E-state index contributed by atoms with van der Waals surface area (Å²) in [5.74, 6) is -0.184. The largest absolute Gasteiger partial charge is 0.465 e. The van der Waals surface area contributed by atoms with Gasteiger partial charge in [-0.2, -0.15) is 0 Å². The number of thiophene rings is 1. The lowest BCUT2D eigenvalue weighted by atomic mass is 10.0. The molecular weight excluding hydrogens is 288 g/mol. The quantitative estimate of drug-likeness (QED) is 0.867. The van der Waals surface area contributed by atoms with Crippen LogP contribution in [0.15, 0.2) is 0 Å². The molecule has 2 aliphatic rings. The van der Waals surface area contributed by atoms with E-state index < -0.39 is 0 Å². The predicted molar refractivity (Wildman–Crippen MR) is 81.7 cm³/mol. The normalized spacial score (nSPS) is 18.2. The van der Waals surface area contributed by atoms with Crippen LogP contribution in [0.4, 0.5) is 5.00 Å². The molecule has 0 spiro atoms. The molecule has 1 N–H and O–H groups in total. The highest BCUT2D eigenvalue weighted by molar-refractivity contribution is 7.17. The maximum atomic E-state index is 12.1. The number of likely N-dealkylation sites (N-methyl/N-ethyl adjacent to an activating group) is 1. The number of hydrogen-bond donors (Lipinski definition) is 1. The Hall–Kier alpha value is -1.40. The number of ether oxygens (including phenoxy) is 1. The Morgan fingerprint density at radius 3 is 2.81 bits per heavy atom. The van der Waals surface area contributed by atoms with Crippen molar-refractivity contribution >= 4 is 28.2 Å². The third-order valence-corrected chi connectivity index (χ3v) is 5.29. The van der Waals surface area contributed by atoms with Gasteiger partial charge in [0.05, 0.1) is 12.7 Å². The number of anilines is 1. The third-order valence-electron chi connectivity index (χ3n) is 4.16. The van der Waals surface area contributed by atoms with Crippen molar-refractivity contribution in [3.05, 3.63) is 16.0 Å². The summed E-state index contributed by atoms with van der Waals surface area (Å²) in [6, 6.07) is 0. The highest BCUT2D eigenvalue weighted by Gasteiger charge is 2.33. The van der Waals surface area contributed by atoms with E-state index >= 15 is 0 Å². The molecule has 1 fully saturated rings. The minimum absolute atomic E-state index is 0.0334. The first kappa shape index (κ1) is 14.5. The molecule has 0 radical (unpaired) electrons. The fourth-order valence-electron chi connectivity index (χ4n) is 2.69. The molecule has 1 saturated carbocycles. The van der Waals surface area contributed by atoms with E-state index in [2.05, 4.69) is 17.1 Å². The van der Waals surface area contributed by atoms with E-state index in [0.29, 0.717) is 10.6 Å². The van der Waals surface area contributed by atoms with E-state index in [1.54, 1.807) is 0 Å². The minimum atomic E-state index is -0.344. The van der Waals surface area contributed by atoms with Gasteiger partial charge in [-0.15, -0.1) is 11.3 Å². The fourth-order valence-corrected chi connectivity index (χ4v) is 3.97. The highest BCUT2D eigenvalue weighted by atomic mass is 32.1. The number of rotatable bonds is 4. The Kier molecular flexibility index (Phi) is 3.99. The van der Waals surface area contributed by atoms with Crippen LogP contribution in [0.1, 0.15) is 40.6 Å². The predicted octanol–water partition coefficient (Wildman–Crippen LogP) is 2.26. The van der Waals surface area contributed by atoms with Crippen molar-refractivity contribution in [3.8, 4) is 0 Å². The molecule has 1 aliphatic carbocycles. The second kappa shape index (κ2) is 5.77. The zero-order valence-corrected chi connectivity index (χ0v) is 13.2. The van der Waals surface area contributed by atoms with Crippen LogP contribution in [0.25, 0.3) is 0 Å². The maximum Gasteiger partial charge on any atom is 0.341 e. The lowest BCUT2D eigenvalue weighted by molar-refractivity contribution is -0.117. The molecule has 2 heterocycles. The monoisotopic (exact) mass is 308 g/mol. The van der Waals surface area contributed by atoms with Gasteiger partial charge in [-0.3, -0.25) is 9.69 Å². The van der Waals surface area contributed by atoms with E-state index in [-0.39, 0.29) is 17.8 Å². The third kappa shape index (κ3) is 2.82. The zero-order valence-electron chi connectivity index (χ0n) is 12.4. The van der Waals surface area contributed by atoms with Gasteiger partial charge in [-0.25, -0.2) is 4.79 Å². The SMILES string of the molecule is CCN1CCc2c(sc(NC(=O)C3CC3)c2C(=O)OC)C1. The summed E-state index contributed by atoms with van der Waals surface area (Å²) < 4.78 is 4.92. The van der Waals surface area contributed by atoms with E-state index in [1.807, 2.05) is 0 Å². The first-order valence-electron chi connectivity index (χ1n) is 7.40. The van der Waals surface area contributed by atoms with Gasteiger partial charge in [0.25, 0.3) is 0 Å². The Morgan fingerprint density at radius 2 is 2.19 bits per heavy atom. The Morgan fingerprint density at radius 1 is 1.43 bits per heavy atom. The summed E-state index contributed by atoms with van der Waals surface area (Å²) >= 11 is 1.52. The standard InChI is InChI=1S/C15H20N2O3S/c1-3-17-7-6-10-11(8-17)21-14(12(10)15(19)20-2)16-13(18)9-4-5-9/h9H,3-8H2,1-2H3,(H,16,18). The van der Waals surface area contributed by atoms with Crippen molar-refractivity contribution in [3.63, 3.8) is 0 Å². The lowest BCUT2D eigenvalue weighted by Gasteiger charge is -2.25. The summed E-state index contributed by atoms with van der Waals surface area (Å²) in [6.45, 7) is 4.92. The molecule has 1 amide bonds. The van der Waals surface area contributed by atoms with Crippen LogP contribution in [0.2, 0.25) is 0 Å². The van der Waals surface area contributed by atoms with Crippen molar-refractivity contribution < 1.29 is 14.3 Å². The van der Waals surface area contributed by atoms with Crippen LogP contribution in [0.3, 0.4) is 0 Å². The van der Waals surface area contributed by atoms with E-state index in [9.17, 15) is 9.59 Å². The van der Waals surface area contributed by atoms with Crippen LogP contribution >= 0.6 is 11.3 Å². The Bertz CT molecular complexity index is 578. The van der Waals surface area contributed by atoms with Crippen LogP contribution < -0.4 is 5.32 Å². The van der Waals surface area contributed by atoms with Gasteiger partial charge in [-0.05, 0) is 31.4 Å². The van der Waals surface area contributed by atoms with Gasteiger partial charge in [-0.1, -0.05) is 6.92 Å². The van der Waals surface area contributed by atoms with Crippen LogP contribution in [-0.2, 0) is 22.5 Å². The molecule has 0 unspecified atom stereocenters. The number of amides is 1. The molecule has 21 heavy (non-hydrogen) atoms. The molecule has 5 nitrogen and oxygen atoms in total. The number of nitrogens with one attached hydrogen (secondary N) is 1. The van der Waals surface area contributed by atoms with Crippen LogP contribution in [0, 0.1) is 5.92 Å². The molecular formula is C15H20N2O3S. The first-order chi connectivity index (χ1) is 10.1. The van der Waals surface area contributed by atoms with E-state index in [4.69, 9.17) is 4.74 Å². The summed E-state index contributed by atoms with van der Waals surface area (Å²) in [4.78, 5) is 27.6. The molecule has 0 atom stereocenters. The van der Waals surface area contributed by atoms with Gasteiger partial charge in [0.1, 0.15) is 5.00 Å². The van der Waals surface area contributed by atoms with Crippen LogP contribution in [-0.4, -0.2) is 37.0 Å². The summed E-state index contributed by atoms with van der Waals surface area (Å²) in [7, 11) is 1.39. The number of methoxy groups -OCH3 is 1. The molecule has 3 rings (SSSR count). The average Bonchev–Trinajstić information content (AvgIpc) is 3.28. The highest BCUT2D eigenvalue weighted by Crippen LogP contribution is 2.39. The second-order valence-corrected chi connectivity index (χ2v) is 6.69. The van der Waals surface area contributed by atoms with Gasteiger partial charge < -0.3 is 10.1 Å². The van der Waals surface area contributed by atoms with Gasteiger partial charge >= 0.3 is 5.97 Å². The number of nitrogens with zero attached hydrogens (tertiary/aromatic N) is 1. The lowest BCUT2D eigenvalue weighted by Crippen LogP contribution is -2.30.